The van der Waals surface area contributed by atoms with Crippen molar-refractivity contribution >= 4 is 0 Å². The summed E-state index contributed by atoms with van der Waals surface area (Å²) in [5, 5.41) is 0. The number of rotatable bonds is 0. The molecule has 0 aromatic carbocycles. The van der Waals surface area contributed by atoms with Crippen LogP contribution in [0, 0.1) is 35.1 Å². The Morgan fingerprint density at radius 3 is 0.750 bits per heavy atom. The monoisotopic (exact) mass is 192 g/mol. The van der Waals surface area contributed by atoms with Crippen molar-refractivity contribution in [2.24, 2.45) is 0 Å². The van der Waals surface area contributed by atoms with E-state index in [9.17, 15) is 0 Å². The van der Waals surface area contributed by atoms with Gasteiger partial charge in [0.25, 0.3) is 0 Å². The minimum atomic E-state index is -0.417. The Labute approximate surface area is 82.7 Å². The first-order valence-electron chi connectivity index (χ1n) is 0.617. The van der Waals surface area contributed by atoms with E-state index in [4.69, 9.17) is 18.6 Å². The molecule has 0 saturated carbocycles. The molecule has 0 aliphatic carbocycles. The van der Waals surface area contributed by atoms with Gasteiger partial charge < -0.3 is 18.6 Å². The minimum absolute atomic E-state index is 0. The summed E-state index contributed by atoms with van der Waals surface area (Å²) >= 11 is -0.833. The third-order valence-corrected chi connectivity index (χ3v) is 0. The zero-order valence-corrected chi connectivity index (χ0v) is 8.03. The van der Waals surface area contributed by atoms with Crippen LogP contribution in [0.15, 0.2) is 0 Å². The van der Waals surface area contributed by atoms with E-state index >= 15 is 0 Å². The molecule has 2 radical (unpaired) electrons. The third kappa shape index (κ3) is 119. The summed E-state index contributed by atoms with van der Waals surface area (Å²) in [6.45, 7) is 0. The molecule has 0 aromatic rings. The third-order valence-electron chi connectivity index (χ3n) is 0. The normalized spacial score (nSPS) is 4.50. The van der Waals surface area contributed by atoms with Crippen molar-refractivity contribution in [1.29, 1.82) is 0 Å². The van der Waals surface area contributed by atoms with Gasteiger partial charge in [-0.05, 0) is 0 Å². The van der Waals surface area contributed by atoms with Crippen LogP contribution in [-0.2, 0) is 0 Å². The van der Waals surface area contributed by atoms with Crippen molar-refractivity contribution in [2.45, 2.75) is 0 Å². The van der Waals surface area contributed by atoms with Gasteiger partial charge in [0, 0.05) is 0 Å². The van der Waals surface area contributed by atoms with Gasteiger partial charge in [-0.1, -0.05) is 0 Å². The quantitative estimate of drug-likeness (QED) is 0.357. The predicted octanol–water partition coefficient (Wildman–Crippen LogP) is -7.75. The Morgan fingerprint density at radius 2 is 0.750 bits per heavy atom. The Kier molecular flexibility index (Phi) is 106. The van der Waals surface area contributed by atoms with Crippen molar-refractivity contribution in [1.82, 2.24) is 0 Å². The molecule has 0 aliphatic rings. The van der Waals surface area contributed by atoms with Crippen LogP contribution in [0.4, 0.5) is 0 Å². The molecule has 0 aliphatic heterocycles. The van der Waals surface area contributed by atoms with Gasteiger partial charge in [-0.3, -0.25) is 0 Å². The summed E-state index contributed by atoms with van der Waals surface area (Å²) < 4.78 is 32.9. The van der Waals surface area contributed by atoms with Crippen molar-refractivity contribution in [3.63, 3.8) is 0 Å². The molecular weight excluding hydrogens is 193 g/mol. The van der Waals surface area contributed by atoms with Gasteiger partial charge in [0.2, 0.25) is 0 Å². The van der Waals surface area contributed by atoms with Crippen molar-refractivity contribution in [3.05, 3.63) is 0 Å². The van der Waals surface area contributed by atoms with E-state index in [2.05, 4.69) is 0 Å². The summed E-state index contributed by atoms with van der Waals surface area (Å²) in [6.07, 6.45) is 0. The van der Waals surface area contributed by atoms with Crippen molar-refractivity contribution in [2.75, 3.05) is 0 Å². The van der Waals surface area contributed by atoms with Crippen LogP contribution in [0.3, 0.4) is 0 Å². The zero-order valence-electron chi connectivity index (χ0n) is 3.77. The molecule has 0 atom stereocenters. The zero-order chi connectivity index (χ0) is 5.41. The van der Waals surface area contributed by atoms with E-state index in [-0.39, 0.29) is 42.0 Å². The molecular formula is Cl3NaO4. The smallest absolute Gasteiger partial charge is 0.544 e. The molecule has 0 fully saturated rings. The molecule has 0 amide bonds. The molecule has 0 rings (SSSR count). The molecule has 0 saturated heterocycles. The maximum absolute atomic E-state index is 8.24. The van der Waals surface area contributed by atoms with Gasteiger partial charge in [-0.2, -0.15) is 0 Å². The van der Waals surface area contributed by atoms with Crippen LogP contribution in [0.2, 0.25) is 0 Å². The molecule has 8 heteroatoms. The number of hydrogen-bond acceptors (Lipinski definition) is 4. The molecule has 46 valence electrons. The van der Waals surface area contributed by atoms with Crippen LogP contribution in [0.1, 0.15) is 0 Å². The molecule has 8 heavy (non-hydrogen) atoms. The second kappa shape index (κ2) is 37.6. The molecule has 0 unspecified atom stereocenters. The van der Waals surface area contributed by atoms with Crippen molar-refractivity contribution < 1.29 is 83.3 Å². The Hall–Kier alpha value is 1.71. The molecule has 0 aromatic heterocycles. The Balaban J connectivity index is -0.0000000160. The fourth-order valence-corrected chi connectivity index (χ4v) is 0. The van der Waals surface area contributed by atoms with Crippen molar-refractivity contribution in [3.8, 4) is 0 Å². The summed E-state index contributed by atoms with van der Waals surface area (Å²) in [5.41, 5.74) is 0. The SMILES string of the molecule is [Cl+].[Na+].[O-][Cl+][O-].[O-][Cl+][O-]. The van der Waals surface area contributed by atoms with E-state index in [1.54, 1.807) is 0 Å². The Morgan fingerprint density at radius 1 is 0.750 bits per heavy atom. The van der Waals surface area contributed by atoms with Crippen LogP contribution in [0.5, 0.6) is 0 Å². The number of halogens is 3. The fraction of sp³-hybridized carbons (Fsp3) is 0. The fourth-order valence-electron chi connectivity index (χ4n) is 0. The van der Waals surface area contributed by atoms with Gasteiger partial charge >= 0.3 is 42.0 Å². The van der Waals surface area contributed by atoms with Gasteiger partial charge in [0.05, 0.1) is 22.7 Å². The second-order valence-electron chi connectivity index (χ2n) is 0.126. The van der Waals surface area contributed by atoms with Gasteiger partial charge in [0.1, 0.15) is 0 Å². The first kappa shape index (κ1) is 22.6. The van der Waals surface area contributed by atoms with E-state index in [0.29, 0.717) is 0 Å². The van der Waals surface area contributed by atoms with Gasteiger partial charge in [0.15, 0.2) is 0 Å². The van der Waals surface area contributed by atoms with Crippen LogP contribution in [-0.4, -0.2) is 0 Å². The predicted molar refractivity (Wildman–Crippen MR) is 0 cm³/mol. The summed E-state index contributed by atoms with van der Waals surface area (Å²) in [5.74, 6) is 0. The summed E-state index contributed by atoms with van der Waals surface area (Å²) in [6, 6.07) is 0. The first-order valence-corrected chi connectivity index (χ1v) is 1.85. The first-order chi connectivity index (χ1) is 2.83. The molecule has 0 bridgehead atoms. The molecule has 0 spiro atoms. The maximum Gasteiger partial charge on any atom is 1.00 e. The topological polar surface area (TPSA) is 92.2 Å². The van der Waals surface area contributed by atoms with Gasteiger partial charge in [-0.15, -0.1) is 0 Å². The van der Waals surface area contributed by atoms with Gasteiger partial charge in [-0.25, -0.2) is 0 Å². The second-order valence-corrected chi connectivity index (χ2v) is 0.378. The van der Waals surface area contributed by atoms with Crippen LogP contribution >= 0.6 is 0 Å². The summed E-state index contributed by atoms with van der Waals surface area (Å²) in [4.78, 5) is 0. The van der Waals surface area contributed by atoms with Crippen LogP contribution < -0.4 is 48.2 Å². The van der Waals surface area contributed by atoms with E-state index in [1.165, 1.54) is 0 Å². The minimum Gasteiger partial charge on any atom is -0.544 e. The van der Waals surface area contributed by atoms with E-state index in [1.807, 2.05) is 0 Å². The molecule has 4 nitrogen and oxygen atoms in total. The van der Waals surface area contributed by atoms with Crippen LogP contribution in [0.25, 0.3) is 0 Å². The Bertz CT molecular complexity index is 13.2. The largest absolute Gasteiger partial charge is 1.00 e. The van der Waals surface area contributed by atoms with E-state index in [0.717, 1.165) is 0 Å². The summed E-state index contributed by atoms with van der Waals surface area (Å²) in [7, 11) is 0. The maximum atomic E-state index is 8.24. The average molecular weight is 193 g/mol. The standard InChI is InChI=1S/2ClO2.Cl.Na/c2*2-1-3;;/q2*-1;2*+1. The number of hydrogen-bond donors (Lipinski definition) is 0. The average Bonchev–Trinajstić information content (AvgIpc) is 1.39. The molecule has 0 N–H and O–H groups in total. The molecule has 0 heterocycles. The van der Waals surface area contributed by atoms with E-state index < -0.39 is 22.7 Å².